The highest BCUT2D eigenvalue weighted by molar-refractivity contribution is 5.70. The number of fused-ring (bicyclic) bond motifs is 1. The van der Waals surface area contributed by atoms with E-state index in [2.05, 4.69) is 0 Å². The first-order valence-corrected chi connectivity index (χ1v) is 5.87. The minimum Gasteiger partial charge on any atom is -0.452 e. The number of hydrogen-bond acceptors (Lipinski definition) is 4. The first-order valence-electron chi connectivity index (χ1n) is 5.87. The topological polar surface area (TPSA) is 55.8 Å². The highest BCUT2D eigenvalue weighted by Gasteiger charge is 2.48. The Hall–Kier alpha value is -0.870. The monoisotopic (exact) mass is 226 g/mol. The van der Waals surface area contributed by atoms with Gasteiger partial charge in [-0.3, -0.25) is 4.79 Å². The van der Waals surface area contributed by atoms with Gasteiger partial charge in [-0.2, -0.15) is 0 Å². The van der Waals surface area contributed by atoms with Gasteiger partial charge in [0.05, 0.1) is 12.7 Å². The second kappa shape index (κ2) is 4.55. The average molecular weight is 226 g/mol. The van der Waals surface area contributed by atoms with Crippen molar-refractivity contribution in [3.63, 3.8) is 0 Å². The number of aliphatic hydroxyl groups excluding tert-OH is 1. The lowest BCUT2D eigenvalue weighted by atomic mass is 9.86. The van der Waals surface area contributed by atoms with E-state index >= 15 is 0 Å². The van der Waals surface area contributed by atoms with Crippen molar-refractivity contribution < 1.29 is 19.4 Å². The molecule has 1 fully saturated rings. The molecule has 1 aliphatic heterocycles. The Morgan fingerprint density at radius 1 is 1.69 bits per heavy atom. The Labute approximate surface area is 95.2 Å². The number of rotatable bonds is 3. The number of aliphatic hydroxyl groups is 1. The molecule has 0 aromatic heterocycles. The van der Waals surface area contributed by atoms with Gasteiger partial charge < -0.3 is 14.6 Å². The first-order chi connectivity index (χ1) is 7.66. The summed E-state index contributed by atoms with van der Waals surface area (Å²) in [6.07, 6.45) is 5.25. The molecule has 0 aromatic rings. The van der Waals surface area contributed by atoms with E-state index in [0.29, 0.717) is 25.9 Å². The van der Waals surface area contributed by atoms with Gasteiger partial charge >= 0.3 is 5.97 Å². The molecule has 16 heavy (non-hydrogen) atoms. The average Bonchev–Trinajstić information content (AvgIpc) is 2.61. The summed E-state index contributed by atoms with van der Waals surface area (Å²) < 4.78 is 11.1. The summed E-state index contributed by atoms with van der Waals surface area (Å²) >= 11 is 0. The summed E-state index contributed by atoms with van der Waals surface area (Å²) in [5, 5.41) is 9.50. The number of carbonyl (C=O) groups excluding carboxylic acids is 1. The van der Waals surface area contributed by atoms with Crippen LogP contribution in [-0.4, -0.2) is 35.5 Å². The standard InChI is InChI=1S/C12H18O4/c1-2-3-11(14)16-12-5-4-9(13)8-10(12)15-7-6-12/h4-5,9-10,13H,2-3,6-8H2,1H3. The van der Waals surface area contributed by atoms with E-state index in [4.69, 9.17) is 9.47 Å². The largest absolute Gasteiger partial charge is 0.452 e. The van der Waals surface area contributed by atoms with Crippen LogP contribution in [0.1, 0.15) is 32.6 Å². The Morgan fingerprint density at radius 2 is 2.50 bits per heavy atom. The summed E-state index contributed by atoms with van der Waals surface area (Å²) in [5.41, 5.74) is -0.620. The predicted molar refractivity (Wildman–Crippen MR) is 57.9 cm³/mol. The maximum Gasteiger partial charge on any atom is 0.306 e. The van der Waals surface area contributed by atoms with E-state index in [-0.39, 0.29) is 12.1 Å². The van der Waals surface area contributed by atoms with Gasteiger partial charge in [-0.1, -0.05) is 13.0 Å². The highest BCUT2D eigenvalue weighted by atomic mass is 16.6. The molecule has 2 aliphatic rings. The summed E-state index contributed by atoms with van der Waals surface area (Å²) in [4.78, 5) is 11.6. The minimum absolute atomic E-state index is 0.181. The molecule has 90 valence electrons. The van der Waals surface area contributed by atoms with Crippen molar-refractivity contribution in [3.05, 3.63) is 12.2 Å². The molecule has 0 spiro atoms. The Balaban J connectivity index is 2.09. The molecule has 1 aliphatic carbocycles. The predicted octanol–water partition coefficient (Wildman–Crippen LogP) is 1.18. The minimum atomic E-state index is -0.620. The molecule has 3 atom stereocenters. The van der Waals surface area contributed by atoms with E-state index in [0.717, 1.165) is 6.42 Å². The first kappa shape index (κ1) is 11.6. The van der Waals surface area contributed by atoms with Gasteiger partial charge in [-0.15, -0.1) is 0 Å². The SMILES string of the molecule is CCCC(=O)OC12C=CC(O)CC1OCC2. The van der Waals surface area contributed by atoms with Gasteiger partial charge in [-0.25, -0.2) is 0 Å². The number of esters is 1. The Morgan fingerprint density at radius 3 is 3.25 bits per heavy atom. The molecular formula is C12H18O4. The van der Waals surface area contributed by atoms with Gasteiger partial charge in [0.1, 0.15) is 6.10 Å². The third kappa shape index (κ3) is 2.13. The highest BCUT2D eigenvalue weighted by Crippen LogP contribution is 2.37. The van der Waals surface area contributed by atoms with Crippen molar-refractivity contribution in [2.45, 2.75) is 50.4 Å². The molecule has 3 unspecified atom stereocenters. The summed E-state index contributed by atoms with van der Waals surface area (Å²) in [7, 11) is 0. The van der Waals surface area contributed by atoms with Crippen LogP contribution in [0, 0.1) is 0 Å². The maximum atomic E-state index is 11.6. The zero-order valence-electron chi connectivity index (χ0n) is 9.52. The molecule has 1 N–H and O–H groups in total. The van der Waals surface area contributed by atoms with Crippen molar-refractivity contribution in [2.75, 3.05) is 6.61 Å². The van der Waals surface area contributed by atoms with E-state index in [1.54, 1.807) is 12.2 Å². The second-order valence-corrected chi connectivity index (χ2v) is 4.45. The van der Waals surface area contributed by atoms with Crippen molar-refractivity contribution in [3.8, 4) is 0 Å². The van der Waals surface area contributed by atoms with Crippen LogP contribution in [0.4, 0.5) is 0 Å². The smallest absolute Gasteiger partial charge is 0.306 e. The molecule has 1 saturated heterocycles. The lowest BCUT2D eigenvalue weighted by Gasteiger charge is -2.34. The molecule has 0 aromatic carbocycles. The molecule has 4 heteroatoms. The van der Waals surface area contributed by atoms with Crippen LogP contribution in [0.5, 0.6) is 0 Å². The number of hydrogen-bond donors (Lipinski definition) is 1. The lowest BCUT2D eigenvalue weighted by Crippen LogP contribution is -2.45. The molecule has 0 amide bonds. The zero-order chi connectivity index (χ0) is 11.6. The zero-order valence-corrected chi connectivity index (χ0v) is 9.52. The fourth-order valence-corrected chi connectivity index (χ4v) is 2.31. The quantitative estimate of drug-likeness (QED) is 0.580. The molecular weight excluding hydrogens is 208 g/mol. The lowest BCUT2D eigenvalue weighted by molar-refractivity contribution is -0.161. The Kier molecular flexibility index (Phi) is 3.30. The van der Waals surface area contributed by atoms with Gasteiger partial charge in [0.25, 0.3) is 0 Å². The van der Waals surface area contributed by atoms with Gasteiger partial charge in [-0.05, 0) is 12.5 Å². The van der Waals surface area contributed by atoms with Crippen LogP contribution < -0.4 is 0 Å². The van der Waals surface area contributed by atoms with Gasteiger partial charge in [0.2, 0.25) is 0 Å². The summed E-state index contributed by atoms with van der Waals surface area (Å²) in [6.45, 7) is 2.53. The van der Waals surface area contributed by atoms with Crippen LogP contribution in [0.3, 0.4) is 0 Å². The maximum absolute atomic E-state index is 11.6. The van der Waals surface area contributed by atoms with Crippen molar-refractivity contribution >= 4 is 5.97 Å². The molecule has 2 rings (SSSR count). The van der Waals surface area contributed by atoms with Crippen LogP contribution in [0.15, 0.2) is 12.2 Å². The molecule has 0 bridgehead atoms. The van der Waals surface area contributed by atoms with Crippen molar-refractivity contribution in [1.82, 2.24) is 0 Å². The summed E-state index contributed by atoms with van der Waals surface area (Å²) in [5.74, 6) is -0.181. The van der Waals surface area contributed by atoms with Crippen LogP contribution >= 0.6 is 0 Å². The molecule has 4 nitrogen and oxygen atoms in total. The fourth-order valence-electron chi connectivity index (χ4n) is 2.31. The van der Waals surface area contributed by atoms with Crippen LogP contribution in [0.25, 0.3) is 0 Å². The molecule has 0 saturated carbocycles. The molecule has 1 heterocycles. The normalized spacial score (nSPS) is 37.1. The Bertz CT molecular complexity index is 299. The number of ether oxygens (including phenoxy) is 2. The third-order valence-electron chi connectivity index (χ3n) is 3.17. The summed E-state index contributed by atoms with van der Waals surface area (Å²) in [6, 6.07) is 0. The van der Waals surface area contributed by atoms with E-state index in [9.17, 15) is 9.90 Å². The van der Waals surface area contributed by atoms with E-state index in [1.165, 1.54) is 0 Å². The number of carbonyl (C=O) groups is 1. The van der Waals surface area contributed by atoms with E-state index in [1.807, 2.05) is 6.92 Å². The van der Waals surface area contributed by atoms with Crippen LogP contribution in [-0.2, 0) is 14.3 Å². The van der Waals surface area contributed by atoms with Gasteiger partial charge in [0.15, 0.2) is 5.60 Å². The molecule has 0 radical (unpaired) electrons. The fraction of sp³-hybridized carbons (Fsp3) is 0.750. The van der Waals surface area contributed by atoms with Crippen LogP contribution in [0.2, 0.25) is 0 Å². The van der Waals surface area contributed by atoms with Crippen molar-refractivity contribution in [2.24, 2.45) is 0 Å². The second-order valence-electron chi connectivity index (χ2n) is 4.45. The third-order valence-corrected chi connectivity index (χ3v) is 3.17. The van der Waals surface area contributed by atoms with Gasteiger partial charge in [0, 0.05) is 19.3 Å². The van der Waals surface area contributed by atoms with E-state index < -0.39 is 11.7 Å². The van der Waals surface area contributed by atoms with Crippen molar-refractivity contribution in [1.29, 1.82) is 0 Å².